The van der Waals surface area contributed by atoms with Gasteiger partial charge in [0.1, 0.15) is 5.76 Å². The van der Waals surface area contributed by atoms with Gasteiger partial charge in [-0.2, -0.15) is 0 Å². The summed E-state index contributed by atoms with van der Waals surface area (Å²) in [6, 6.07) is 1.92. The van der Waals surface area contributed by atoms with Gasteiger partial charge in [0.25, 0.3) is 0 Å². The fourth-order valence-electron chi connectivity index (χ4n) is 1.95. The van der Waals surface area contributed by atoms with Gasteiger partial charge in [0.15, 0.2) is 0 Å². The molecule has 1 atom stereocenters. The largest absolute Gasteiger partial charge is 0.467 e. The van der Waals surface area contributed by atoms with Crippen molar-refractivity contribution < 1.29 is 9.15 Å². The topological polar surface area (TPSA) is 34.4 Å². The van der Waals surface area contributed by atoms with E-state index in [2.05, 4.69) is 21.2 Å². The number of rotatable bonds is 5. The monoisotopic (exact) mass is 287 g/mol. The minimum Gasteiger partial charge on any atom is -0.467 e. The van der Waals surface area contributed by atoms with E-state index in [0.29, 0.717) is 6.10 Å². The lowest BCUT2D eigenvalue weighted by molar-refractivity contribution is 0.0115. The molecule has 3 nitrogen and oxygen atoms in total. The fourth-order valence-corrected chi connectivity index (χ4v) is 2.29. The Bertz CT molecular complexity index is 308. The number of hydrogen-bond donors (Lipinski definition) is 1. The molecule has 1 aliphatic rings. The van der Waals surface area contributed by atoms with Gasteiger partial charge in [-0.25, -0.2) is 0 Å². The van der Waals surface area contributed by atoms with Crippen molar-refractivity contribution in [2.45, 2.75) is 38.3 Å². The molecule has 1 N–H and O–H groups in total. The first-order chi connectivity index (χ1) is 7.86. The van der Waals surface area contributed by atoms with Crippen LogP contribution in [0.3, 0.4) is 0 Å². The quantitative estimate of drug-likeness (QED) is 0.845. The van der Waals surface area contributed by atoms with Gasteiger partial charge >= 0.3 is 0 Å². The summed E-state index contributed by atoms with van der Waals surface area (Å²) in [5, 5.41) is 3.37. The minimum atomic E-state index is 0.460. The third kappa shape index (κ3) is 3.61. The Labute approximate surface area is 105 Å². The summed E-state index contributed by atoms with van der Waals surface area (Å²) in [6.45, 7) is 2.70. The van der Waals surface area contributed by atoms with Crippen LogP contribution in [-0.2, 0) is 11.3 Å². The van der Waals surface area contributed by atoms with E-state index >= 15 is 0 Å². The molecule has 1 aromatic rings. The van der Waals surface area contributed by atoms with Crippen molar-refractivity contribution in [3.8, 4) is 0 Å². The molecule has 16 heavy (non-hydrogen) atoms. The molecule has 1 unspecified atom stereocenters. The number of furan rings is 1. The molecular weight excluding hydrogens is 270 g/mol. The third-order valence-corrected chi connectivity index (χ3v) is 3.60. The maximum absolute atomic E-state index is 5.67. The molecule has 90 valence electrons. The first-order valence-corrected chi connectivity index (χ1v) is 6.70. The molecule has 2 heterocycles. The van der Waals surface area contributed by atoms with Gasteiger partial charge in [0, 0.05) is 6.61 Å². The van der Waals surface area contributed by atoms with Crippen LogP contribution in [0.25, 0.3) is 0 Å². The van der Waals surface area contributed by atoms with Crippen molar-refractivity contribution in [2.75, 3.05) is 13.2 Å². The number of hydrogen-bond acceptors (Lipinski definition) is 3. The predicted octanol–water partition coefficient (Wildman–Crippen LogP) is 3.09. The van der Waals surface area contributed by atoms with Gasteiger partial charge in [-0.1, -0.05) is 0 Å². The molecular formula is C12H18BrNO2. The van der Waals surface area contributed by atoms with Crippen LogP contribution in [0, 0.1) is 0 Å². The zero-order chi connectivity index (χ0) is 11.2. The number of halogens is 1. The molecule has 1 saturated heterocycles. The lowest BCUT2D eigenvalue weighted by atomic mass is 10.1. The van der Waals surface area contributed by atoms with Crippen molar-refractivity contribution in [3.63, 3.8) is 0 Å². The predicted molar refractivity (Wildman–Crippen MR) is 66.3 cm³/mol. The Morgan fingerprint density at radius 2 is 2.38 bits per heavy atom. The van der Waals surface area contributed by atoms with Crippen LogP contribution in [0.5, 0.6) is 0 Å². The van der Waals surface area contributed by atoms with Crippen molar-refractivity contribution in [1.82, 2.24) is 5.32 Å². The summed E-state index contributed by atoms with van der Waals surface area (Å²) in [4.78, 5) is 0. The Hall–Kier alpha value is -0.320. The zero-order valence-corrected chi connectivity index (χ0v) is 11.0. The lowest BCUT2D eigenvalue weighted by Crippen LogP contribution is -2.25. The second kappa shape index (κ2) is 6.42. The van der Waals surface area contributed by atoms with Crippen LogP contribution in [0.2, 0.25) is 0 Å². The summed E-state index contributed by atoms with van der Waals surface area (Å²) in [6.07, 6.45) is 7.01. The van der Waals surface area contributed by atoms with E-state index in [1.165, 1.54) is 19.3 Å². The molecule has 0 spiro atoms. The van der Waals surface area contributed by atoms with Crippen LogP contribution >= 0.6 is 15.9 Å². The lowest BCUT2D eigenvalue weighted by Gasteiger charge is -2.22. The van der Waals surface area contributed by atoms with Crippen molar-refractivity contribution in [1.29, 1.82) is 0 Å². The van der Waals surface area contributed by atoms with E-state index in [4.69, 9.17) is 9.15 Å². The molecule has 4 heteroatoms. The molecule has 1 aliphatic heterocycles. The summed E-state index contributed by atoms with van der Waals surface area (Å²) in [5.74, 6) is 0.963. The van der Waals surface area contributed by atoms with Crippen LogP contribution in [-0.4, -0.2) is 19.3 Å². The van der Waals surface area contributed by atoms with Crippen LogP contribution in [0.1, 0.15) is 31.4 Å². The standard InChI is InChI=1S/C12H18BrNO2/c13-11-5-8-16-12(11)9-14-6-4-10-3-1-2-7-15-10/h5,8,10,14H,1-4,6-7,9H2. The van der Waals surface area contributed by atoms with Crippen molar-refractivity contribution in [2.24, 2.45) is 0 Å². The molecule has 1 aromatic heterocycles. The Morgan fingerprint density at radius 1 is 1.44 bits per heavy atom. The average molecular weight is 288 g/mol. The molecule has 0 amide bonds. The molecule has 0 aromatic carbocycles. The molecule has 1 fully saturated rings. The van der Waals surface area contributed by atoms with Gasteiger partial charge in [0.05, 0.1) is 23.4 Å². The molecule has 0 saturated carbocycles. The minimum absolute atomic E-state index is 0.460. The fraction of sp³-hybridized carbons (Fsp3) is 0.667. The Morgan fingerprint density at radius 3 is 3.06 bits per heavy atom. The average Bonchev–Trinajstić information content (AvgIpc) is 2.72. The van der Waals surface area contributed by atoms with E-state index in [1.807, 2.05) is 6.07 Å². The van der Waals surface area contributed by atoms with Crippen molar-refractivity contribution >= 4 is 15.9 Å². The molecule has 0 aliphatic carbocycles. The molecule has 2 rings (SSSR count). The second-order valence-electron chi connectivity index (χ2n) is 4.15. The first kappa shape index (κ1) is 12.1. The van der Waals surface area contributed by atoms with Gasteiger partial charge in [-0.15, -0.1) is 0 Å². The number of ether oxygens (including phenoxy) is 1. The normalized spacial score (nSPS) is 21.2. The summed E-state index contributed by atoms with van der Waals surface area (Å²) in [7, 11) is 0. The summed E-state index contributed by atoms with van der Waals surface area (Å²) >= 11 is 3.44. The van der Waals surface area contributed by atoms with Crippen molar-refractivity contribution in [3.05, 3.63) is 22.6 Å². The van der Waals surface area contributed by atoms with Gasteiger partial charge in [0.2, 0.25) is 0 Å². The maximum atomic E-state index is 5.67. The van der Waals surface area contributed by atoms with Crippen LogP contribution < -0.4 is 5.32 Å². The van der Waals surface area contributed by atoms with E-state index in [1.54, 1.807) is 6.26 Å². The summed E-state index contributed by atoms with van der Waals surface area (Å²) < 4.78 is 12.0. The molecule has 0 bridgehead atoms. The van der Waals surface area contributed by atoms with E-state index < -0.39 is 0 Å². The Kier molecular flexibility index (Phi) is 4.88. The Balaban J connectivity index is 1.59. The second-order valence-corrected chi connectivity index (χ2v) is 5.00. The van der Waals surface area contributed by atoms with E-state index in [-0.39, 0.29) is 0 Å². The van der Waals surface area contributed by atoms with Gasteiger partial charge in [-0.3, -0.25) is 0 Å². The van der Waals surface area contributed by atoms with E-state index in [0.717, 1.165) is 36.4 Å². The first-order valence-electron chi connectivity index (χ1n) is 5.90. The highest BCUT2D eigenvalue weighted by atomic mass is 79.9. The smallest absolute Gasteiger partial charge is 0.131 e. The molecule has 0 radical (unpaired) electrons. The van der Waals surface area contributed by atoms with Crippen LogP contribution in [0.4, 0.5) is 0 Å². The van der Waals surface area contributed by atoms with Gasteiger partial charge < -0.3 is 14.5 Å². The maximum Gasteiger partial charge on any atom is 0.131 e. The highest BCUT2D eigenvalue weighted by Crippen LogP contribution is 2.17. The van der Waals surface area contributed by atoms with E-state index in [9.17, 15) is 0 Å². The zero-order valence-electron chi connectivity index (χ0n) is 9.38. The van der Waals surface area contributed by atoms with Gasteiger partial charge in [-0.05, 0) is 54.2 Å². The summed E-state index contributed by atoms with van der Waals surface area (Å²) in [5.41, 5.74) is 0. The van der Waals surface area contributed by atoms with Crippen LogP contribution in [0.15, 0.2) is 21.2 Å². The highest BCUT2D eigenvalue weighted by Gasteiger charge is 2.13. The highest BCUT2D eigenvalue weighted by molar-refractivity contribution is 9.10. The SMILES string of the molecule is Brc1ccoc1CNCCC1CCCCO1. The number of nitrogens with one attached hydrogen (secondary N) is 1. The third-order valence-electron chi connectivity index (χ3n) is 2.89.